The summed E-state index contributed by atoms with van der Waals surface area (Å²) in [5.74, 6) is -4.01. The molecule has 15 heteroatoms. The quantitative estimate of drug-likeness (QED) is 0.0798. The monoisotopic (exact) mass is 740 g/mol. The first-order valence-electron chi connectivity index (χ1n) is 16.2. The number of aliphatic hydroxyl groups excluding tert-OH is 2. The molecule has 15 nitrogen and oxygen atoms in total. The Morgan fingerprint density at radius 3 is 1.85 bits per heavy atom. The lowest BCUT2D eigenvalue weighted by Crippen LogP contribution is -2.61. The summed E-state index contributed by atoms with van der Waals surface area (Å²) in [7, 11) is 0. The number of fused-ring (bicyclic) bond motifs is 1. The maximum Gasteiger partial charge on any atom is 0.331 e. The van der Waals surface area contributed by atoms with E-state index in [4.69, 9.17) is 23.4 Å². The van der Waals surface area contributed by atoms with Crippen LogP contribution in [0, 0.1) is 0 Å². The molecular weight excluding hydrogens is 708 g/mol. The normalized spacial score (nSPS) is 19.9. The van der Waals surface area contributed by atoms with E-state index in [1.807, 2.05) is 0 Å². The van der Waals surface area contributed by atoms with Crippen molar-refractivity contribution in [3.05, 3.63) is 118 Å². The fraction of sp³-hybridized carbons (Fsp3) is 0.154. The molecule has 1 saturated heterocycles. The molecule has 1 aliphatic rings. The zero-order valence-corrected chi connectivity index (χ0v) is 27.9. The largest absolute Gasteiger partial charge is 0.508 e. The number of hydrogen-bond donors (Lipinski definition) is 7. The number of rotatable bonds is 10. The molecule has 2 heterocycles. The van der Waals surface area contributed by atoms with E-state index >= 15 is 0 Å². The van der Waals surface area contributed by atoms with Gasteiger partial charge in [0, 0.05) is 29.8 Å². The van der Waals surface area contributed by atoms with Crippen LogP contribution in [0.25, 0.3) is 34.4 Å². The van der Waals surface area contributed by atoms with Crippen LogP contribution in [0.5, 0.6) is 34.5 Å². The van der Waals surface area contributed by atoms with Crippen LogP contribution in [0.4, 0.5) is 0 Å². The minimum Gasteiger partial charge on any atom is -0.508 e. The predicted molar refractivity (Wildman–Crippen MR) is 189 cm³/mol. The molecule has 1 aliphatic heterocycles. The number of phenolic OH excluding ortho intramolecular Hbond substituents is 5. The van der Waals surface area contributed by atoms with Crippen LogP contribution in [0.3, 0.4) is 0 Å². The molecule has 278 valence electrons. The molecule has 1 aromatic heterocycles. The molecule has 1 fully saturated rings. The Hall–Kier alpha value is -6.81. The molecule has 0 saturated carbocycles. The number of carbonyl (C=O) groups is 2. The third-order valence-electron chi connectivity index (χ3n) is 8.18. The van der Waals surface area contributed by atoms with Crippen molar-refractivity contribution in [1.82, 2.24) is 0 Å². The average molecular weight is 741 g/mol. The van der Waals surface area contributed by atoms with E-state index in [-0.39, 0.29) is 34.2 Å². The van der Waals surface area contributed by atoms with E-state index in [9.17, 15) is 50.1 Å². The van der Waals surface area contributed by atoms with Crippen molar-refractivity contribution in [1.29, 1.82) is 0 Å². The number of carbonyl (C=O) groups excluding carboxylic acids is 2. The fourth-order valence-corrected chi connectivity index (χ4v) is 5.46. The zero-order valence-electron chi connectivity index (χ0n) is 27.9. The standard InChI is InChI=1S/C39H32O15/c40-23-9-1-20(2-10-23)5-15-30(45)50-19-29-33(47)37(53-31(46)16-6-21-3-11-24(41)12-4-21)35(49)39(52-29)54-38-34(48)32-27(44)17-26(43)18-28(32)51-36(38)22-7-13-25(42)14-8-22/h1-18,29,33,35,37,39-44,47,49H,19H2/b15-5-,16-6-/t29?,33-,35?,37-,39+/m1/s1. The molecular formula is C39H32O15. The van der Waals surface area contributed by atoms with Gasteiger partial charge >= 0.3 is 11.9 Å². The molecule has 0 aliphatic carbocycles. The van der Waals surface area contributed by atoms with Gasteiger partial charge in [0.15, 0.2) is 18.0 Å². The number of hydrogen-bond acceptors (Lipinski definition) is 15. The molecule has 0 bridgehead atoms. The number of aliphatic hydroxyl groups is 2. The van der Waals surface area contributed by atoms with E-state index < -0.39 is 77.3 Å². The van der Waals surface area contributed by atoms with Gasteiger partial charge in [-0.3, -0.25) is 4.79 Å². The number of phenols is 5. The van der Waals surface area contributed by atoms with Gasteiger partial charge in [0.2, 0.25) is 17.5 Å². The summed E-state index contributed by atoms with van der Waals surface area (Å²) in [6.07, 6.45) is -4.24. The topological polar surface area (TPSA) is 243 Å². The SMILES string of the molecule is O=C(/C=C\c1ccc(O)cc1)OCC1O[C@@H](Oc2c(-c3ccc(O)cc3)oc3cc(O)cc(O)c3c2=O)C(O)[C@H](OC(=O)/C=C\c2ccc(O)cc2)[C@@H]1O. The number of benzene rings is 4. The second-order valence-corrected chi connectivity index (χ2v) is 12.0. The first-order chi connectivity index (χ1) is 25.9. The first-order valence-corrected chi connectivity index (χ1v) is 16.2. The van der Waals surface area contributed by atoms with Gasteiger partial charge in [-0.05, 0) is 71.8 Å². The molecule has 54 heavy (non-hydrogen) atoms. The summed E-state index contributed by atoms with van der Waals surface area (Å²) in [4.78, 5) is 39.5. The van der Waals surface area contributed by atoms with Gasteiger partial charge in [-0.2, -0.15) is 0 Å². The minimum absolute atomic E-state index is 0.000756. The highest BCUT2D eigenvalue weighted by Gasteiger charge is 2.49. The van der Waals surface area contributed by atoms with E-state index in [1.54, 1.807) is 12.1 Å². The Morgan fingerprint density at radius 2 is 1.26 bits per heavy atom. The van der Waals surface area contributed by atoms with Gasteiger partial charge in [-0.1, -0.05) is 24.3 Å². The van der Waals surface area contributed by atoms with Crippen molar-refractivity contribution in [2.75, 3.05) is 6.61 Å². The molecule has 0 spiro atoms. The third-order valence-corrected chi connectivity index (χ3v) is 8.18. The van der Waals surface area contributed by atoms with Gasteiger partial charge in [0.05, 0.1) is 0 Å². The van der Waals surface area contributed by atoms with Crippen LogP contribution in [-0.2, 0) is 23.8 Å². The van der Waals surface area contributed by atoms with Gasteiger partial charge in [-0.25, -0.2) is 9.59 Å². The minimum atomic E-state index is -2.00. The van der Waals surface area contributed by atoms with Crippen LogP contribution in [0.15, 0.2) is 106 Å². The molecule has 5 atom stereocenters. The van der Waals surface area contributed by atoms with Gasteiger partial charge in [-0.15, -0.1) is 0 Å². The molecule has 5 aromatic rings. The summed E-state index contributed by atoms with van der Waals surface area (Å²) in [5.41, 5.74) is 0.00793. The summed E-state index contributed by atoms with van der Waals surface area (Å²) in [6.45, 7) is -0.666. The van der Waals surface area contributed by atoms with Crippen LogP contribution >= 0.6 is 0 Å². The lowest BCUT2D eigenvalue weighted by Gasteiger charge is -2.41. The molecule has 2 unspecified atom stereocenters. The summed E-state index contributed by atoms with van der Waals surface area (Å²) < 4.78 is 28.3. The lowest BCUT2D eigenvalue weighted by atomic mass is 9.98. The highest BCUT2D eigenvalue weighted by atomic mass is 16.7. The van der Waals surface area contributed by atoms with E-state index in [0.29, 0.717) is 11.1 Å². The first kappa shape index (κ1) is 37.0. The van der Waals surface area contributed by atoms with E-state index in [2.05, 4.69) is 0 Å². The van der Waals surface area contributed by atoms with Crippen LogP contribution in [0.1, 0.15) is 11.1 Å². The van der Waals surface area contributed by atoms with E-state index in [1.165, 1.54) is 72.8 Å². The second kappa shape index (κ2) is 15.8. The van der Waals surface area contributed by atoms with Crippen molar-refractivity contribution in [3.63, 3.8) is 0 Å². The van der Waals surface area contributed by atoms with Gasteiger partial charge < -0.3 is 59.1 Å². The maximum atomic E-state index is 13.9. The van der Waals surface area contributed by atoms with Crippen molar-refractivity contribution in [3.8, 4) is 45.8 Å². The molecule has 6 rings (SSSR count). The van der Waals surface area contributed by atoms with Gasteiger partial charge in [0.1, 0.15) is 58.5 Å². The Bertz CT molecular complexity index is 2260. The zero-order chi connectivity index (χ0) is 38.5. The van der Waals surface area contributed by atoms with Crippen molar-refractivity contribution >= 4 is 35.1 Å². The Kier molecular flexibility index (Phi) is 10.8. The summed E-state index contributed by atoms with van der Waals surface area (Å²) >= 11 is 0. The van der Waals surface area contributed by atoms with Crippen molar-refractivity contribution in [2.45, 2.75) is 30.7 Å². The smallest absolute Gasteiger partial charge is 0.331 e. The van der Waals surface area contributed by atoms with Gasteiger partial charge in [0.25, 0.3) is 0 Å². The summed E-state index contributed by atoms with van der Waals surface area (Å²) in [6, 6.07) is 19.0. The fourth-order valence-electron chi connectivity index (χ4n) is 5.46. The highest BCUT2D eigenvalue weighted by molar-refractivity contribution is 5.89. The number of esters is 2. The van der Waals surface area contributed by atoms with Crippen molar-refractivity contribution < 1.29 is 68.7 Å². The van der Waals surface area contributed by atoms with Crippen molar-refractivity contribution in [2.24, 2.45) is 0 Å². The van der Waals surface area contributed by atoms with Crippen LogP contribution in [0.2, 0.25) is 0 Å². The Morgan fingerprint density at radius 1 is 0.704 bits per heavy atom. The second-order valence-electron chi connectivity index (χ2n) is 12.0. The Balaban J connectivity index is 1.32. The van der Waals surface area contributed by atoms with Crippen LogP contribution in [-0.4, -0.2) is 85.0 Å². The maximum absolute atomic E-state index is 13.9. The third kappa shape index (κ3) is 8.45. The average Bonchev–Trinajstić information content (AvgIpc) is 3.14. The highest BCUT2D eigenvalue weighted by Crippen LogP contribution is 2.38. The molecule has 0 amide bonds. The van der Waals surface area contributed by atoms with Crippen LogP contribution < -0.4 is 10.2 Å². The lowest BCUT2D eigenvalue weighted by molar-refractivity contribution is -0.281. The predicted octanol–water partition coefficient (Wildman–Crippen LogP) is 3.70. The molecule has 7 N–H and O–H groups in total. The molecule has 0 radical (unpaired) electrons. The number of aromatic hydroxyl groups is 5. The van der Waals surface area contributed by atoms with E-state index in [0.717, 1.165) is 24.3 Å². The summed E-state index contributed by atoms with van der Waals surface area (Å²) in [5, 5.41) is 71.7. The molecule has 4 aromatic carbocycles. The Labute approximate surface area is 305 Å². The number of ether oxygens (including phenoxy) is 4.